The Morgan fingerprint density at radius 1 is 1.00 bits per heavy atom. The summed E-state index contributed by atoms with van der Waals surface area (Å²) in [5.74, 6) is 0. The molecule has 0 radical (unpaired) electrons. The molecule has 0 atom stereocenters. The number of nitriles is 2. The van der Waals surface area contributed by atoms with Crippen LogP contribution in [0.2, 0.25) is 0 Å². The zero-order valence-corrected chi connectivity index (χ0v) is 13.8. The van der Waals surface area contributed by atoms with Crippen LogP contribution >= 0.6 is 0 Å². The molecule has 1 aliphatic heterocycles. The summed E-state index contributed by atoms with van der Waals surface area (Å²) in [4.78, 5) is 2.47. The summed E-state index contributed by atoms with van der Waals surface area (Å²) >= 11 is 0. The van der Waals surface area contributed by atoms with E-state index >= 15 is 0 Å². The highest BCUT2D eigenvalue weighted by Gasteiger charge is 2.28. The third-order valence-electron chi connectivity index (χ3n) is 3.97. The molecule has 1 fully saturated rings. The van der Waals surface area contributed by atoms with Gasteiger partial charge in [0.15, 0.2) is 0 Å². The van der Waals surface area contributed by atoms with E-state index in [1.54, 1.807) is 0 Å². The first-order chi connectivity index (χ1) is 11.1. The van der Waals surface area contributed by atoms with Crippen LogP contribution in [0, 0.1) is 22.7 Å². The Balaban J connectivity index is 1.90. The van der Waals surface area contributed by atoms with Crippen LogP contribution < -0.4 is 0 Å². The van der Waals surface area contributed by atoms with Gasteiger partial charge in [0, 0.05) is 32.6 Å². The molecule has 1 saturated heterocycles. The van der Waals surface area contributed by atoms with Crippen LogP contribution in [0.1, 0.15) is 24.8 Å². The van der Waals surface area contributed by atoms with Gasteiger partial charge >= 0.3 is 0 Å². The van der Waals surface area contributed by atoms with Gasteiger partial charge in [0.2, 0.25) is 10.0 Å². The number of piperazine rings is 1. The molecule has 0 bridgehead atoms. The van der Waals surface area contributed by atoms with Gasteiger partial charge in [-0.25, -0.2) is 8.42 Å². The zero-order valence-electron chi connectivity index (χ0n) is 13.0. The molecule has 0 unspecified atom stereocenters. The Hall–Kier alpha value is -1.93. The summed E-state index contributed by atoms with van der Waals surface area (Å²) in [7, 11) is -3.49. The highest BCUT2D eigenvalue weighted by atomic mass is 32.2. The summed E-state index contributed by atoms with van der Waals surface area (Å²) in [5, 5.41) is 17.3. The van der Waals surface area contributed by atoms with Gasteiger partial charge in [-0.05, 0) is 43.7 Å². The van der Waals surface area contributed by atoms with Gasteiger partial charge in [-0.1, -0.05) is 0 Å². The second-order valence-electron chi connectivity index (χ2n) is 5.50. The van der Waals surface area contributed by atoms with Crippen molar-refractivity contribution < 1.29 is 8.42 Å². The summed E-state index contributed by atoms with van der Waals surface area (Å²) in [6.07, 6.45) is 2.43. The number of sulfonamides is 1. The topological polar surface area (TPSA) is 88.2 Å². The summed E-state index contributed by atoms with van der Waals surface area (Å²) in [6.45, 7) is 3.28. The number of hydrogen-bond acceptors (Lipinski definition) is 5. The van der Waals surface area contributed by atoms with Gasteiger partial charge in [-0.15, -0.1) is 0 Å². The first-order valence-corrected chi connectivity index (χ1v) is 9.11. The SMILES string of the molecule is N#CCCCCN1CCN(S(=O)(=O)c2ccc(C#N)cc2)CC1. The largest absolute Gasteiger partial charge is 0.301 e. The minimum Gasteiger partial charge on any atom is -0.301 e. The molecule has 1 heterocycles. The van der Waals surface area contributed by atoms with E-state index in [1.165, 1.54) is 28.6 Å². The predicted octanol–water partition coefficient (Wildman–Crippen LogP) is 1.56. The molecule has 6 nitrogen and oxygen atoms in total. The quantitative estimate of drug-likeness (QED) is 0.738. The van der Waals surface area contributed by atoms with Crippen molar-refractivity contribution in [2.75, 3.05) is 32.7 Å². The fourth-order valence-corrected chi connectivity index (χ4v) is 4.01. The lowest BCUT2D eigenvalue weighted by atomic mass is 10.2. The molecule has 7 heteroatoms. The summed E-state index contributed by atoms with van der Waals surface area (Å²) in [5.41, 5.74) is 0.450. The van der Waals surface area contributed by atoms with Crippen molar-refractivity contribution in [3.63, 3.8) is 0 Å². The van der Waals surface area contributed by atoms with Crippen LogP contribution in [0.15, 0.2) is 29.2 Å². The molecular formula is C16H20N4O2S. The van der Waals surface area contributed by atoms with Crippen LogP contribution in [-0.4, -0.2) is 50.3 Å². The summed E-state index contributed by atoms with van der Waals surface area (Å²) < 4.78 is 26.7. The predicted molar refractivity (Wildman–Crippen MR) is 85.8 cm³/mol. The third kappa shape index (κ3) is 4.52. The lowest BCUT2D eigenvalue weighted by Gasteiger charge is -2.33. The lowest BCUT2D eigenvalue weighted by molar-refractivity contribution is 0.186. The minimum absolute atomic E-state index is 0.235. The Labute approximate surface area is 137 Å². The number of hydrogen-bond donors (Lipinski definition) is 0. The van der Waals surface area contributed by atoms with E-state index in [0.29, 0.717) is 38.2 Å². The average molecular weight is 332 g/mol. The van der Waals surface area contributed by atoms with Crippen molar-refractivity contribution in [1.82, 2.24) is 9.21 Å². The normalized spacial score (nSPS) is 16.6. The van der Waals surface area contributed by atoms with Gasteiger partial charge in [-0.3, -0.25) is 0 Å². The smallest absolute Gasteiger partial charge is 0.243 e. The molecule has 0 N–H and O–H groups in total. The Morgan fingerprint density at radius 3 is 2.22 bits per heavy atom. The van der Waals surface area contributed by atoms with E-state index in [4.69, 9.17) is 10.5 Å². The van der Waals surface area contributed by atoms with Crippen molar-refractivity contribution in [2.24, 2.45) is 0 Å². The maximum atomic E-state index is 12.6. The first-order valence-electron chi connectivity index (χ1n) is 7.67. The zero-order chi connectivity index (χ0) is 16.7. The second kappa shape index (κ2) is 8.07. The average Bonchev–Trinajstić information content (AvgIpc) is 2.59. The molecule has 122 valence electrons. The minimum atomic E-state index is -3.49. The van der Waals surface area contributed by atoms with Crippen LogP contribution in [0.3, 0.4) is 0 Å². The van der Waals surface area contributed by atoms with Gasteiger partial charge in [0.25, 0.3) is 0 Å². The number of unbranched alkanes of at least 4 members (excludes halogenated alkanes) is 2. The van der Waals surface area contributed by atoms with Crippen molar-refractivity contribution in [3.05, 3.63) is 29.8 Å². The Morgan fingerprint density at radius 2 is 1.65 bits per heavy atom. The molecule has 1 aromatic carbocycles. The number of nitrogens with zero attached hydrogens (tertiary/aromatic N) is 4. The molecule has 1 aromatic rings. The van der Waals surface area contributed by atoms with Crippen molar-refractivity contribution >= 4 is 10.0 Å². The van der Waals surface area contributed by atoms with E-state index in [1.807, 2.05) is 6.07 Å². The molecule has 0 saturated carbocycles. The maximum Gasteiger partial charge on any atom is 0.243 e. The molecule has 2 rings (SSSR count). The number of rotatable bonds is 6. The fourth-order valence-electron chi connectivity index (χ4n) is 2.58. The fraction of sp³-hybridized carbons (Fsp3) is 0.500. The molecule has 23 heavy (non-hydrogen) atoms. The van der Waals surface area contributed by atoms with Crippen molar-refractivity contribution in [2.45, 2.75) is 24.2 Å². The number of benzene rings is 1. The van der Waals surface area contributed by atoms with E-state index < -0.39 is 10.0 Å². The van der Waals surface area contributed by atoms with Gasteiger partial charge in [-0.2, -0.15) is 14.8 Å². The lowest BCUT2D eigenvalue weighted by Crippen LogP contribution is -2.48. The third-order valence-corrected chi connectivity index (χ3v) is 5.88. The highest BCUT2D eigenvalue weighted by Crippen LogP contribution is 2.18. The molecule has 1 aliphatic rings. The van der Waals surface area contributed by atoms with E-state index in [2.05, 4.69) is 11.0 Å². The van der Waals surface area contributed by atoms with E-state index in [9.17, 15) is 8.42 Å². The highest BCUT2D eigenvalue weighted by molar-refractivity contribution is 7.89. The Kier molecular flexibility index (Phi) is 6.12. The van der Waals surface area contributed by atoms with Crippen LogP contribution in [0.4, 0.5) is 0 Å². The van der Waals surface area contributed by atoms with Crippen LogP contribution in [0.25, 0.3) is 0 Å². The van der Waals surface area contributed by atoms with E-state index in [-0.39, 0.29) is 4.90 Å². The second-order valence-corrected chi connectivity index (χ2v) is 7.44. The van der Waals surface area contributed by atoms with Crippen LogP contribution in [-0.2, 0) is 10.0 Å². The molecule has 0 spiro atoms. The molecule has 0 amide bonds. The van der Waals surface area contributed by atoms with Gasteiger partial charge in [0.05, 0.1) is 22.6 Å². The van der Waals surface area contributed by atoms with E-state index in [0.717, 1.165) is 19.4 Å². The maximum absolute atomic E-state index is 12.6. The Bertz CT molecular complexity index is 693. The molecule has 0 aromatic heterocycles. The first kappa shape index (κ1) is 17.4. The monoisotopic (exact) mass is 332 g/mol. The molecule has 0 aliphatic carbocycles. The van der Waals surface area contributed by atoms with Crippen molar-refractivity contribution in [1.29, 1.82) is 10.5 Å². The van der Waals surface area contributed by atoms with Crippen molar-refractivity contribution in [3.8, 4) is 12.1 Å². The standard InChI is InChI=1S/C16H20N4O2S/c17-8-2-1-3-9-19-10-12-20(13-11-19)23(21,22)16-6-4-15(14-18)5-7-16/h4-7H,1-3,9-13H2. The van der Waals surface area contributed by atoms with Gasteiger partial charge < -0.3 is 4.90 Å². The van der Waals surface area contributed by atoms with Crippen LogP contribution in [0.5, 0.6) is 0 Å². The van der Waals surface area contributed by atoms with Gasteiger partial charge in [0.1, 0.15) is 0 Å². The molecular weight excluding hydrogens is 312 g/mol. The summed E-state index contributed by atoms with van der Waals surface area (Å²) in [6, 6.07) is 10.1.